The first-order valence-corrected chi connectivity index (χ1v) is 21.6. The molecular formula is C59H54N2. The van der Waals surface area contributed by atoms with E-state index in [1.807, 2.05) is 0 Å². The Labute approximate surface area is 363 Å². The van der Waals surface area contributed by atoms with E-state index in [0.717, 1.165) is 42.0 Å². The average Bonchev–Trinajstić information content (AvgIpc) is 3.31. The molecule has 0 aliphatic rings. The van der Waals surface area contributed by atoms with Crippen molar-refractivity contribution in [3.63, 3.8) is 0 Å². The predicted molar refractivity (Wildman–Crippen MR) is 264 cm³/mol. The summed E-state index contributed by atoms with van der Waals surface area (Å²) in [5.74, 6) is 0. The van der Waals surface area contributed by atoms with Gasteiger partial charge in [-0.15, -0.1) is 0 Å². The molecule has 0 bridgehead atoms. The molecule has 0 saturated heterocycles. The van der Waals surface area contributed by atoms with Gasteiger partial charge < -0.3 is 9.80 Å². The quantitative estimate of drug-likeness (QED) is 0.101. The second-order valence-corrected chi connectivity index (χ2v) is 15.7. The van der Waals surface area contributed by atoms with Crippen LogP contribution in [-0.2, 0) is 19.3 Å². The van der Waals surface area contributed by atoms with Crippen molar-refractivity contribution < 1.29 is 0 Å². The van der Waals surface area contributed by atoms with Gasteiger partial charge in [0.1, 0.15) is 0 Å². The number of hydrogen-bond donors (Lipinski definition) is 0. The molecule has 0 atom stereocenters. The van der Waals surface area contributed by atoms with Gasteiger partial charge in [-0.05, 0) is 137 Å². The van der Waals surface area contributed by atoms with Gasteiger partial charge in [-0.25, -0.2) is 0 Å². The lowest BCUT2D eigenvalue weighted by Gasteiger charge is -2.29. The summed E-state index contributed by atoms with van der Waals surface area (Å²) in [6, 6.07) is 70.3. The fourth-order valence-electron chi connectivity index (χ4n) is 8.21. The van der Waals surface area contributed by atoms with Gasteiger partial charge in [0.15, 0.2) is 0 Å². The molecule has 8 aromatic rings. The van der Waals surface area contributed by atoms with Crippen molar-refractivity contribution in [1.29, 1.82) is 0 Å². The molecule has 0 spiro atoms. The highest BCUT2D eigenvalue weighted by molar-refractivity contribution is 5.83. The van der Waals surface area contributed by atoms with Crippen molar-refractivity contribution in [3.8, 4) is 0 Å². The summed E-state index contributed by atoms with van der Waals surface area (Å²) in [5.41, 5.74) is 19.6. The van der Waals surface area contributed by atoms with E-state index < -0.39 is 0 Å². The molecule has 2 nitrogen and oxygen atoms in total. The maximum Gasteiger partial charge on any atom is 0.0522 e. The van der Waals surface area contributed by atoms with E-state index in [1.54, 1.807) is 0 Å². The molecule has 0 saturated carbocycles. The molecule has 0 aliphatic heterocycles. The highest BCUT2D eigenvalue weighted by atomic mass is 15.2. The zero-order valence-electron chi connectivity index (χ0n) is 35.8. The Kier molecular flexibility index (Phi) is 12.8. The summed E-state index contributed by atoms with van der Waals surface area (Å²) in [6.07, 6.45) is 11.5. The van der Waals surface area contributed by atoms with Gasteiger partial charge in [-0.3, -0.25) is 0 Å². The topological polar surface area (TPSA) is 6.48 Å². The third kappa shape index (κ3) is 9.67. The number of benzene rings is 8. The Morgan fingerprint density at radius 3 is 0.967 bits per heavy atom. The van der Waals surface area contributed by atoms with Gasteiger partial charge in [-0.2, -0.15) is 0 Å². The van der Waals surface area contributed by atoms with E-state index in [-0.39, 0.29) is 0 Å². The number of rotatable bonds is 14. The van der Waals surface area contributed by atoms with E-state index in [9.17, 15) is 0 Å². The van der Waals surface area contributed by atoms with Gasteiger partial charge in [0, 0.05) is 22.7 Å². The Morgan fingerprint density at radius 1 is 0.328 bits per heavy atom. The smallest absolute Gasteiger partial charge is 0.0522 e. The molecule has 0 aromatic heterocycles. The lowest BCUT2D eigenvalue weighted by molar-refractivity contribution is 1.10. The van der Waals surface area contributed by atoms with E-state index in [0.29, 0.717) is 0 Å². The minimum atomic E-state index is 0.848. The minimum Gasteiger partial charge on any atom is -0.310 e. The number of aryl methyl sites for hydroxylation is 4. The zero-order chi connectivity index (χ0) is 42.0. The van der Waals surface area contributed by atoms with E-state index >= 15 is 0 Å². The third-order valence-electron chi connectivity index (χ3n) is 11.5. The van der Waals surface area contributed by atoms with Crippen LogP contribution in [0.15, 0.2) is 194 Å². The number of anilines is 6. The summed E-state index contributed by atoms with van der Waals surface area (Å²) in [4.78, 5) is 4.85. The van der Waals surface area contributed by atoms with Crippen LogP contribution in [-0.4, -0.2) is 0 Å². The molecule has 0 aliphatic carbocycles. The summed E-state index contributed by atoms with van der Waals surface area (Å²) >= 11 is 0. The molecule has 0 heterocycles. The van der Waals surface area contributed by atoms with E-state index in [2.05, 4.69) is 256 Å². The van der Waals surface area contributed by atoms with E-state index in [4.69, 9.17) is 0 Å². The van der Waals surface area contributed by atoms with Crippen LogP contribution >= 0.6 is 0 Å². The maximum atomic E-state index is 2.42. The number of nitrogens with zero attached hydrogens (tertiary/aromatic N) is 2. The van der Waals surface area contributed by atoms with Crippen LogP contribution in [0.2, 0.25) is 0 Å². The van der Waals surface area contributed by atoms with Crippen LogP contribution in [0, 0.1) is 13.8 Å². The molecular weight excluding hydrogens is 737 g/mol. The monoisotopic (exact) mass is 790 g/mol. The Hall–Kier alpha value is -7.16. The van der Waals surface area contributed by atoms with Crippen molar-refractivity contribution in [3.05, 3.63) is 250 Å². The Balaban J connectivity index is 1.05. The molecule has 0 amide bonds. The van der Waals surface area contributed by atoms with E-state index in [1.165, 1.54) is 67.0 Å². The predicted octanol–water partition coefficient (Wildman–Crippen LogP) is 16.3. The first kappa shape index (κ1) is 40.6. The zero-order valence-corrected chi connectivity index (χ0v) is 35.8. The van der Waals surface area contributed by atoms with Gasteiger partial charge in [0.05, 0.1) is 11.4 Å². The largest absolute Gasteiger partial charge is 0.310 e. The Bertz CT molecular complexity index is 2520. The standard InChI is InChI=1S/C59H54N2/c1-5-52-21-13-15-44(3)58(52)60(54-35-27-48(28-36-54)25-23-46-17-9-7-10-18-46)56-39-31-50(32-40-56)43-51-33-41-57(42-34-51)61(59-45(4)16-14-22-53(59)6-2)55-37-29-49(30-38-55)26-24-47-19-11-8-12-20-47/h7-42H,5-6,43H2,1-4H3/b25-23+,26-24+. The van der Waals surface area contributed by atoms with Crippen LogP contribution in [0.5, 0.6) is 0 Å². The van der Waals surface area contributed by atoms with Crippen molar-refractivity contribution in [2.45, 2.75) is 47.0 Å². The van der Waals surface area contributed by atoms with Crippen LogP contribution in [0.25, 0.3) is 24.3 Å². The van der Waals surface area contributed by atoms with Gasteiger partial charge in [-0.1, -0.05) is 184 Å². The molecule has 8 rings (SSSR count). The fraction of sp³-hybridized carbons (Fsp3) is 0.119. The van der Waals surface area contributed by atoms with Gasteiger partial charge in [0.25, 0.3) is 0 Å². The van der Waals surface area contributed by atoms with Crippen molar-refractivity contribution >= 4 is 58.4 Å². The van der Waals surface area contributed by atoms with Crippen molar-refractivity contribution in [1.82, 2.24) is 0 Å². The summed E-state index contributed by atoms with van der Waals surface area (Å²) in [7, 11) is 0. The average molecular weight is 791 g/mol. The van der Waals surface area contributed by atoms with Gasteiger partial charge in [0.2, 0.25) is 0 Å². The second-order valence-electron chi connectivity index (χ2n) is 15.7. The Morgan fingerprint density at radius 2 is 0.639 bits per heavy atom. The lowest BCUT2D eigenvalue weighted by atomic mass is 10.0. The minimum absolute atomic E-state index is 0.848. The molecule has 0 N–H and O–H groups in total. The molecule has 2 heteroatoms. The third-order valence-corrected chi connectivity index (χ3v) is 11.5. The van der Waals surface area contributed by atoms with Crippen LogP contribution in [0.3, 0.4) is 0 Å². The SMILES string of the molecule is CCc1cccc(C)c1N(c1ccc(/C=C/c2ccccc2)cc1)c1ccc(Cc2ccc(N(c3ccc(/C=C/c4ccccc4)cc3)c3c(C)cccc3CC)cc2)cc1. The van der Waals surface area contributed by atoms with Crippen LogP contribution in [0.1, 0.15) is 69.5 Å². The highest BCUT2D eigenvalue weighted by Gasteiger charge is 2.19. The summed E-state index contributed by atoms with van der Waals surface area (Å²) in [6.45, 7) is 8.93. The summed E-state index contributed by atoms with van der Waals surface area (Å²) < 4.78 is 0. The maximum absolute atomic E-state index is 2.42. The van der Waals surface area contributed by atoms with Crippen molar-refractivity contribution in [2.24, 2.45) is 0 Å². The first-order valence-electron chi connectivity index (χ1n) is 21.6. The number of para-hydroxylation sites is 2. The second kappa shape index (κ2) is 19.3. The molecule has 0 unspecified atom stereocenters. The lowest BCUT2D eigenvalue weighted by Crippen LogP contribution is -2.14. The molecule has 0 radical (unpaired) electrons. The van der Waals surface area contributed by atoms with Crippen LogP contribution < -0.4 is 9.80 Å². The summed E-state index contributed by atoms with van der Waals surface area (Å²) in [5, 5.41) is 0. The van der Waals surface area contributed by atoms with Crippen molar-refractivity contribution in [2.75, 3.05) is 9.80 Å². The number of hydrogen-bond acceptors (Lipinski definition) is 2. The van der Waals surface area contributed by atoms with Gasteiger partial charge >= 0.3 is 0 Å². The molecule has 300 valence electrons. The van der Waals surface area contributed by atoms with Crippen LogP contribution in [0.4, 0.5) is 34.1 Å². The first-order chi connectivity index (χ1) is 30.0. The fourth-order valence-corrected chi connectivity index (χ4v) is 8.21. The normalized spacial score (nSPS) is 11.3. The molecule has 8 aromatic carbocycles. The highest BCUT2D eigenvalue weighted by Crippen LogP contribution is 2.41. The molecule has 0 fully saturated rings. The molecule has 61 heavy (non-hydrogen) atoms.